The van der Waals surface area contributed by atoms with Crippen LogP contribution in [0.3, 0.4) is 0 Å². The molecule has 0 saturated carbocycles. The highest BCUT2D eigenvalue weighted by Crippen LogP contribution is 2.55. The second-order valence-electron chi connectivity index (χ2n) is 4.11. The van der Waals surface area contributed by atoms with Crippen LogP contribution in [-0.2, 0) is 0 Å². The van der Waals surface area contributed by atoms with Gasteiger partial charge in [0.1, 0.15) is 0 Å². The second kappa shape index (κ2) is 8.31. The second-order valence-corrected chi connectivity index (χ2v) is 7.19. The molecule has 0 aliphatic heterocycles. The van der Waals surface area contributed by atoms with Gasteiger partial charge in [-0.05, 0) is 0 Å². The van der Waals surface area contributed by atoms with Crippen molar-refractivity contribution in [3.05, 3.63) is 0 Å². The topological polar surface area (TPSA) is 9.72 Å². The van der Waals surface area contributed by atoms with Gasteiger partial charge in [0.2, 0.25) is 0 Å². The first kappa shape index (κ1) is 17.2. The molecule has 0 bridgehead atoms. The molecule has 0 heterocycles. The van der Waals surface area contributed by atoms with Crippen LogP contribution in [0.15, 0.2) is 0 Å². The molecule has 0 aliphatic rings. The first-order chi connectivity index (χ1) is 8.06. The minimum atomic E-state index is -1.55. The van der Waals surface area contributed by atoms with Crippen LogP contribution < -0.4 is 0 Å². The Morgan fingerprint density at radius 2 is 0.765 bits per heavy atom. The Balaban J connectivity index is 5.38. The lowest BCUT2D eigenvalue weighted by Gasteiger charge is -2.49. The summed E-state index contributed by atoms with van der Waals surface area (Å²) in [5, 5.41) is 0. The molecule has 0 spiro atoms. The van der Waals surface area contributed by atoms with Gasteiger partial charge in [0.05, 0.1) is 7.34 Å². The van der Waals surface area contributed by atoms with Gasteiger partial charge in [-0.3, -0.25) is 14.0 Å². The average Bonchev–Trinajstić information content (AvgIpc) is 2.33. The maximum Gasteiger partial charge on any atom is 0.0744 e. The smallest absolute Gasteiger partial charge is 0.0744 e. The molecule has 0 unspecified atom stereocenters. The highest BCUT2D eigenvalue weighted by Gasteiger charge is 2.31. The van der Waals surface area contributed by atoms with E-state index < -0.39 is 7.34 Å². The van der Waals surface area contributed by atoms with E-state index in [0.717, 1.165) is 39.3 Å². The lowest BCUT2D eigenvalue weighted by molar-refractivity contribution is 0.347. The molecule has 0 N–H and O–H groups in total. The van der Waals surface area contributed by atoms with Crippen molar-refractivity contribution in [1.29, 1.82) is 0 Å². The molecule has 0 amide bonds. The Morgan fingerprint density at radius 1 is 0.588 bits per heavy atom. The van der Waals surface area contributed by atoms with Crippen LogP contribution in [0.25, 0.3) is 0 Å². The van der Waals surface area contributed by atoms with Crippen LogP contribution in [0.5, 0.6) is 0 Å². The molecule has 0 atom stereocenters. The van der Waals surface area contributed by atoms with E-state index in [0.29, 0.717) is 0 Å². The van der Waals surface area contributed by atoms with Crippen LogP contribution in [0.4, 0.5) is 0 Å². The highest BCUT2D eigenvalue weighted by atomic mass is 31.2. The number of rotatable bonds is 9. The number of hydrogen-bond acceptors (Lipinski definition) is 3. The third-order valence-corrected chi connectivity index (χ3v) is 7.96. The molecule has 0 aromatic rings. The van der Waals surface area contributed by atoms with E-state index in [1.165, 1.54) is 0 Å². The van der Waals surface area contributed by atoms with Crippen molar-refractivity contribution in [2.75, 3.05) is 39.3 Å². The Bertz CT molecular complexity index is 193. The van der Waals surface area contributed by atoms with E-state index in [1.807, 2.05) is 0 Å². The van der Waals surface area contributed by atoms with Crippen LogP contribution >= 0.6 is 7.34 Å². The third-order valence-electron chi connectivity index (χ3n) is 3.55. The average molecular weight is 261 g/mol. The summed E-state index contributed by atoms with van der Waals surface area (Å²) in [7, 11) is -1.55. The van der Waals surface area contributed by atoms with Crippen molar-refractivity contribution in [1.82, 2.24) is 14.0 Å². The van der Waals surface area contributed by atoms with E-state index in [4.69, 9.17) is 0 Å². The summed E-state index contributed by atoms with van der Waals surface area (Å²) in [5.41, 5.74) is 0. The maximum absolute atomic E-state index is 4.68. The van der Waals surface area contributed by atoms with Gasteiger partial charge in [-0.1, -0.05) is 47.8 Å². The monoisotopic (exact) mass is 261 g/mol. The highest BCUT2D eigenvalue weighted by molar-refractivity contribution is 7.66. The predicted octanol–water partition coefficient (Wildman–Crippen LogP) is 3.21. The van der Waals surface area contributed by atoms with Gasteiger partial charge in [-0.15, -0.1) is 0 Å². The standard InChI is InChI=1S/C13H32N3P/c1-8-14(9-2)17(7,15(10-3)11-4)16(12-5)13-6/h7-13H2,1-6H3. The molecule has 4 heteroatoms. The Kier molecular flexibility index (Phi) is 8.40. The molecule has 0 aliphatic carbocycles. The molecule has 0 radical (unpaired) electrons. The Morgan fingerprint density at radius 3 is 0.882 bits per heavy atom. The first-order valence-electron chi connectivity index (χ1n) is 7.06. The van der Waals surface area contributed by atoms with Gasteiger partial charge in [-0.25, -0.2) is 0 Å². The molecule has 0 aromatic carbocycles. The van der Waals surface area contributed by atoms with E-state index in [1.54, 1.807) is 0 Å². The molecular weight excluding hydrogens is 229 g/mol. The largest absolute Gasteiger partial charge is 0.261 e. The zero-order chi connectivity index (χ0) is 13.5. The molecule has 0 fully saturated rings. The fraction of sp³-hybridized carbons (Fsp3) is 0.923. The lowest BCUT2D eigenvalue weighted by Crippen LogP contribution is -2.41. The van der Waals surface area contributed by atoms with Crippen molar-refractivity contribution in [3.8, 4) is 0 Å². The van der Waals surface area contributed by atoms with Crippen LogP contribution in [0.1, 0.15) is 41.5 Å². The summed E-state index contributed by atoms with van der Waals surface area (Å²) >= 11 is 0. The Labute approximate surface area is 109 Å². The molecule has 104 valence electrons. The lowest BCUT2D eigenvalue weighted by atomic mass is 10.7. The summed E-state index contributed by atoms with van der Waals surface area (Å²) in [6, 6.07) is 0. The van der Waals surface area contributed by atoms with E-state index in [9.17, 15) is 0 Å². The molecule has 0 aromatic heterocycles. The van der Waals surface area contributed by atoms with Crippen molar-refractivity contribution < 1.29 is 0 Å². The fourth-order valence-corrected chi connectivity index (χ4v) is 6.36. The van der Waals surface area contributed by atoms with Gasteiger partial charge < -0.3 is 0 Å². The maximum atomic E-state index is 4.68. The minimum Gasteiger partial charge on any atom is -0.261 e. The molecule has 0 rings (SSSR count). The molecular formula is C13H32N3P. The predicted molar refractivity (Wildman–Crippen MR) is 82.8 cm³/mol. The molecule has 17 heavy (non-hydrogen) atoms. The van der Waals surface area contributed by atoms with E-state index in [2.05, 4.69) is 61.9 Å². The quantitative estimate of drug-likeness (QED) is 0.590. The van der Waals surface area contributed by atoms with Crippen molar-refractivity contribution in [2.45, 2.75) is 41.5 Å². The van der Waals surface area contributed by atoms with Gasteiger partial charge in [0, 0.05) is 39.3 Å². The zero-order valence-electron chi connectivity index (χ0n) is 12.7. The first-order valence-corrected chi connectivity index (χ1v) is 8.89. The summed E-state index contributed by atoms with van der Waals surface area (Å²) in [5.74, 6) is 0. The van der Waals surface area contributed by atoms with Crippen molar-refractivity contribution in [2.24, 2.45) is 0 Å². The fourth-order valence-electron chi connectivity index (χ4n) is 2.57. The minimum absolute atomic E-state index is 1.08. The third kappa shape index (κ3) is 3.57. The summed E-state index contributed by atoms with van der Waals surface area (Å²) < 4.78 is 7.69. The van der Waals surface area contributed by atoms with Crippen LogP contribution in [0.2, 0.25) is 0 Å². The van der Waals surface area contributed by atoms with Gasteiger partial charge in [0.25, 0.3) is 0 Å². The summed E-state index contributed by atoms with van der Waals surface area (Å²) in [6.45, 7) is 20.0. The van der Waals surface area contributed by atoms with E-state index in [-0.39, 0.29) is 0 Å². The summed E-state index contributed by atoms with van der Waals surface area (Å²) in [6.07, 6.45) is 4.68. The van der Waals surface area contributed by atoms with Crippen molar-refractivity contribution >= 4 is 13.6 Å². The number of nitrogens with zero attached hydrogens (tertiary/aromatic N) is 3. The van der Waals surface area contributed by atoms with Crippen LogP contribution in [-0.4, -0.2) is 59.6 Å². The molecule has 0 saturated heterocycles. The van der Waals surface area contributed by atoms with Crippen molar-refractivity contribution in [3.63, 3.8) is 0 Å². The van der Waals surface area contributed by atoms with E-state index >= 15 is 0 Å². The van der Waals surface area contributed by atoms with Gasteiger partial charge in [-0.2, -0.15) is 0 Å². The number of hydrogen-bond donors (Lipinski definition) is 0. The van der Waals surface area contributed by atoms with Crippen LogP contribution in [0, 0.1) is 0 Å². The summed E-state index contributed by atoms with van der Waals surface area (Å²) in [4.78, 5) is 0. The normalized spacial score (nSPS) is 13.0. The zero-order valence-corrected chi connectivity index (χ0v) is 13.6. The molecule has 3 nitrogen and oxygen atoms in total. The Hall–Kier alpha value is 0.180. The SMILES string of the molecule is C=P(N(CC)CC)(N(CC)CC)N(CC)CC. The van der Waals surface area contributed by atoms with Gasteiger partial charge >= 0.3 is 0 Å². The van der Waals surface area contributed by atoms with Gasteiger partial charge in [0.15, 0.2) is 0 Å².